The summed E-state index contributed by atoms with van der Waals surface area (Å²) in [5, 5.41) is -1.20. The summed E-state index contributed by atoms with van der Waals surface area (Å²) in [6, 6.07) is 0. The molecule has 2 rings (SSSR count). The molecule has 19 heteroatoms. The summed E-state index contributed by atoms with van der Waals surface area (Å²) < 4.78 is 54.5. The molecule has 2 aliphatic heterocycles. The van der Waals surface area contributed by atoms with Gasteiger partial charge in [-0.05, 0) is 0 Å². The van der Waals surface area contributed by atoms with Gasteiger partial charge >= 0.3 is 41.9 Å². The fraction of sp³-hybridized carbons (Fsp3) is 0.720. The molecule has 18 nitrogen and oxygen atoms in total. The third-order valence-electron chi connectivity index (χ3n) is 5.82. The van der Waals surface area contributed by atoms with E-state index in [9.17, 15) is 33.6 Å². The maximum Gasteiger partial charge on any atom is 0.405 e. The Bertz CT molecular complexity index is 1100. The molecule has 2 saturated heterocycles. The van der Waals surface area contributed by atoms with Crippen molar-refractivity contribution in [1.29, 1.82) is 0 Å². The van der Waals surface area contributed by atoms with Crippen molar-refractivity contribution in [3.63, 3.8) is 0 Å². The molecule has 248 valence electrons. The second kappa shape index (κ2) is 16.5. The van der Waals surface area contributed by atoms with E-state index in [0.29, 0.717) is 0 Å². The van der Waals surface area contributed by atoms with E-state index in [1.807, 2.05) is 0 Å². The first-order chi connectivity index (χ1) is 20.5. The maximum atomic E-state index is 12.2. The van der Waals surface area contributed by atoms with Gasteiger partial charge in [-0.2, -0.15) is 0 Å². The lowest BCUT2D eigenvalue weighted by Gasteiger charge is -2.48. The minimum Gasteiger partial charge on any atom is -0.463 e. The van der Waals surface area contributed by atoms with Crippen LogP contribution in [0.25, 0.3) is 0 Å². The highest BCUT2D eigenvalue weighted by Crippen LogP contribution is 2.36. The van der Waals surface area contributed by atoms with E-state index in [1.165, 1.54) is 0 Å². The van der Waals surface area contributed by atoms with Gasteiger partial charge in [-0.25, -0.2) is 4.79 Å². The summed E-state index contributed by atoms with van der Waals surface area (Å²) in [7, 11) is 0. The number of esters is 6. The normalized spacial score (nSPS) is 31.4. The summed E-state index contributed by atoms with van der Waals surface area (Å²) >= 11 is 3.26. The highest BCUT2D eigenvalue weighted by atomic mass is 79.9. The Morgan fingerprint density at radius 3 is 1.34 bits per heavy atom. The van der Waals surface area contributed by atoms with Crippen LogP contribution in [0, 0.1) is 0 Å². The molecule has 1 amide bonds. The zero-order chi connectivity index (χ0) is 33.3. The van der Waals surface area contributed by atoms with Crippen molar-refractivity contribution in [3.05, 3.63) is 0 Å². The van der Waals surface area contributed by atoms with Crippen LogP contribution in [0.1, 0.15) is 41.5 Å². The smallest absolute Gasteiger partial charge is 0.405 e. The van der Waals surface area contributed by atoms with Crippen molar-refractivity contribution >= 4 is 57.8 Å². The summed E-state index contributed by atoms with van der Waals surface area (Å²) in [5.41, 5.74) is 5.26. The van der Waals surface area contributed by atoms with Crippen LogP contribution in [0.4, 0.5) is 4.79 Å². The minimum atomic E-state index is -1.75. The van der Waals surface area contributed by atoms with Crippen LogP contribution < -0.4 is 5.73 Å². The molecular weight excluding hydrogens is 666 g/mol. The number of amides is 1. The zero-order valence-electron chi connectivity index (χ0n) is 24.6. The second-order valence-electron chi connectivity index (χ2n) is 9.47. The molecule has 44 heavy (non-hydrogen) atoms. The van der Waals surface area contributed by atoms with Gasteiger partial charge in [0.1, 0.15) is 36.5 Å². The number of halogens is 1. The largest absolute Gasteiger partial charge is 0.463 e. The average Bonchev–Trinajstić information content (AvgIpc) is 2.87. The van der Waals surface area contributed by atoms with Crippen LogP contribution in [-0.2, 0) is 76.1 Å². The van der Waals surface area contributed by atoms with Gasteiger partial charge in [0.2, 0.25) is 0 Å². The van der Waals surface area contributed by atoms with Crippen molar-refractivity contribution in [2.24, 2.45) is 5.73 Å². The van der Waals surface area contributed by atoms with Gasteiger partial charge in [0, 0.05) is 41.5 Å². The number of rotatable bonds is 11. The topological polar surface area (TPSA) is 238 Å². The zero-order valence-corrected chi connectivity index (χ0v) is 26.2. The highest BCUT2D eigenvalue weighted by molar-refractivity contribution is 9.09. The van der Waals surface area contributed by atoms with E-state index < -0.39 is 115 Å². The van der Waals surface area contributed by atoms with Crippen LogP contribution >= 0.6 is 15.9 Å². The number of carbonyl (C=O) groups excluding carboxylic acids is 7. The Morgan fingerprint density at radius 2 is 0.932 bits per heavy atom. The van der Waals surface area contributed by atoms with E-state index in [2.05, 4.69) is 15.9 Å². The Morgan fingerprint density at radius 1 is 0.545 bits per heavy atom. The lowest BCUT2D eigenvalue weighted by molar-refractivity contribution is -0.336. The highest BCUT2D eigenvalue weighted by Gasteiger charge is 2.57. The molecule has 2 aliphatic rings. The Kier molecular flexibility index (Phi) is 13.7. The Balaban J connectivity index is 2.59. The van der Waals surface area contributed by atoms with Crippen molar-refractivity contribution < 1.29 is 80.9 Å². The van der Waals surface area contributed by atoms with E-state index >= 15 is 0 Å². The van der Waals surface area contributed by atoms with Gasteiger partial charge in [-0.15, -0.1) is 0 Å². The molecule has 0 aromatic heterocycles. The van der Waals surface area contributed by atoms with Crippen LogP contribution in [-0.4, -0.2) is 115 Å². The van der Waals surface area contributed by atoms with Crippen LogP contribution in [0.5, 0.6) is 0 Å². The molecule has 0 spiro atoms. The van der Waals surface area contributed by atoms with E-state index in [-0.39, 0.29) is 0 Å². The van der Waals surface area contributed by atoms with E-state index in [4.69, 9.17) is 53.1 Å². The first-order valence-corrected chi connectivity index (χ1v) is 13.9. The second-order valence-corrected chi connectivity index (χ2v) is 10.4. The van der Waals surface area contributed by atoms with Gasteiger partial charge in [0.05, 0.1) is 0 Å². The predicted molar refractivity (Wildman–Crippen MR) is 141 cm³/mol. The number of ether oxygens (including phenoxy) is 10. The Hall–Kier alpha value is -3.55. The molecule has 0 bridgehead atoms. The molecule has 0 radical (unpaired) electrons. The summed E-state index contributed by atoms with van der Waals surface area (Å²) in [6.45, 7) is 5.44. The number of hydrogen-bond acceptors (Lipinski definition) is 17. The molecule has 0 aliphatic carbocycles. The number of carbonyl (C=O) groups is 7. The summed E-state index contributed by atoms with van der Waals surface area (Å²) in [6.07, 6.45) is -14.9. The number of nitrogens with two attached hydrogens (primary N) is 1. The molecule has 2 heterocycles. The fourth-order valence-electron chi connectivity index (χ4n) is 4.40. The third kappa shape index (κ3) is 10.9. The molecule has 0 saturated carbocycles. The lowest BCUT2D eigenvalue weighted by atomic mass is 9.97. The van der Waals surface area contributed by atoms with Gasteiger partial charge in [-0.3, -0.25) is 28.8 Å². The molecule has 0 aromatic rings. The SMILES string of the molecule is CC(=O)OC[C@@H]1O[C@H](Br)[C@@H](O[C@H]2O[C@H](COC(C)=O)[C@@H](OC(C)=O)[C@H](OC(N)=O)[C@@H]2OC(C)=O)[C@@H](OC(C)=O)[C@@H]1OC(C)=O. The predicted octanol–water partition coefficient (Wildman–Crippen LogP) is -0.467. The average molecular weight is 700 g/mol. The lowest BCUT2D eigenvalue weighted by Crippen LogP contribution is -2.66. The molecule has 2 fully saturated rings. The quantitative estimate of drug-likeness (QED) is 0.163. The van der Waals surface area contributed by atoms with Crippen molar-refractivity contribution in [2.75, 3.05) is 13.2 Å². The number of alkyl halides is 1. The molecule has 0 aromatic carbocycles. The van der Waals surface area contributed by atoms with Gasteiger partial charge in [0.25, 0.3) is 0 Å². The van der Waals surface area contributed by atoms with Crippen molar-refractivity contribution in [2.45, 2.75) is 102 Å². The monoisotopic (exact) mass is 699 g/mol. The first kappa shape index (κ1) is 36.6. The molecule has 0 unspecified atom stereocenters. The minimum absolute atomic E-state index is 0.418. The standard InChI is InChI=1S/C25H34BrNO17/c1-9(28)35-7-15-17(37-11(3)30)19(39-13(5)32)21(23(26)41-15)43-24-22(40-14(6)33)20(44-25(27)34)18(38-12(4)31)16(42-24)8-36-10(2)29/h15-24H,7-8H2,1-6H3,(H2,27,34)/t15-,16+,17+,18+,19-,20-,21-,22-,23-,24+/m0/s1. The van der Waals surface area contributed by atoms with Crippen LogP contribution in [0.2, 0.25) is 0 Å². The molecule has 10 atom stereocenters. The third-order valence-corrected chi connectivity index (χ3v) is 6.56. The van der Waals surface area contributed by atoms with E-state index in [1.54, 1.807) is 0 Å². The van der Waals surface area contributed by atoms with Gasteiger partial charge in [0.15, 0.2) is 36.8 Å². The maximum absolute atomic E-state index is 12.2. The fourth-order valence-corrected chi connectivity index (χ4v) is 5.10. The molecular formula is C25H34BrNO17. The number of hydrogen-bond donors (Lipinski definition) is 1. The Labute approximate surface area is 259 Å². The van der Waals surface area contributed by atoms with Crippen molar-refractivity contribution in [3.8, 4) is 0 Å². The number of primary amides is 1. The van der Waals surface area contributed by atoms with Crippen molar-refractivity contribution in [1.82, 2.24) is 0 Å². The van der Waals surface area contributed by atoms with Crippen LogP contribution in [0.15, 0.2) is 0 Å². The summed E-state index contributed by atoms with van der Waals surface area (Å²) in [5.74, 6) is -4.87. The van der Waals surface area contributed by atoms with Crippen LogP contribution in [0.3, 0.4) is 0 Å². The van der Waals surface area contributed by atoms with E-state index in [0.717, 1.165) is 41.5 Å². The first-order valence-electron chi connectivity index (χ1n) is 13.0. The van der Waals surface area contributed by atoms with Gasteiger partial charge in [-0.1, -0.05) is 15.9 Å². The molecule has 2 N–H and O–H groups in total. The van der Waals surface area contributed by atoms with Gasteiger partial charge < -0.3 is 53.1 Å². The summed E-state index contributed by atoms with van der Waals surface area (Å²) in [4.78, 5) is 83.2.